The number of ether oxygens (including phenoxy) is 1. The first kappa shape index (κ1) is 13.0. The van der Waals surface area contributed by atoms with E-state index >= 15 is 0 Å². The summed E-state index contributed by atoms with van der Waals surface area (Å²) in [6.45, 7) is 3.55. The Morgan fingerprint density at radius 2 is 1.88 bits per heavy atom. The van der Waals surface area contributed by atoms with Crippen LogP contribution in [0, 0.1) is 0 Å². The molecule has 1 aromatic carbocycles. The van der Waals surface area contributed by atoms with Crippen molar-refractivity contribution in [1.82, 2.24) is 4.90 Å². The lowest BCUT2D eigenvalue weighted by Gasteiger charge is -2.12. The van der Waals surface area contributed by atoms with Crippen LogP contribution in [0.2, 0.25) is 0 Å². The predicted molar refractivity (Wildman–Crippen MR) is 65.7 cm³/mol. The number of rotatable bonds is 6. The van der Waals surface area contributed by atoms with Gasteiger partial charge in [-0.3, -0.25) is 0 Å². The topological polar surface area (TPSA) is 32.7 Å². The maximum absolute atomic E-state index is 9.62. The molecule has 0 heterocycles. The normalized spacial score (nSPS) is 12.8. The molecule has 1 atom stereocenters. The second-order valence-corrected chi connectivity index (χ2v) is 4.14. The Morgan fingerprint density at radius 1 is 1.25 bits per heavy atom. The van der Waals surface area contributed by atoms with E-state index in [2.05, 4.69) is 4.90 Å². The van der Waals surface area contributed by atoms with Crippen molar-refractivity contribution in [3.05, 3.63) is 29.8 Å². The molecule has 16 heavy (non-hydrogen) atoms. The molecule has 0 aliphatic rings. The first-order chi connectivity index (χ1) is 7.63. The number of likely N-dealkylation sites (N-methyl/N-ethyl adjacent to an activating group) is 1. The van der Waals surface area contributed by atoms with E-state index in [0.717, 1.165) is 24.3 Å². The first-order valence-corrected chi connectivity index (χ1v) is 5.69. The molecule has 1 N–H and O–H groups in total. The number of nitrogens with zero attached hydrogens (tertiary/aromatic N) is 1. The fraction of sp³-hybridized carbons (Fsp3) is 0.538. The van der Waals surface area contributed by atoms with Crippen LogP contribution in [-0.4, -0.2) is 37.3 Å². The van der Waals surface area contributed by atoms with E-state index in [-0.39, 0.29) is 6.10 Å². The van der Waals surface area contributed by atoms with E-state index in [9.17, 15) is 5.11 Å². The molecule has 3 nitrogen and oxygen atoms in total. The molecule has 0 unspecified atom stereocenters. The zero-order valence-corrected chi connectivity index (χ0v) is 10.3. The van der Waals surface area contributed by atoms with Crippen molar-refractivity contribution in [1.29, 1.82) is 0 Å². The van der Waals surface area contributed by atoms with Crippen molar-refractivity contribution in [2.45, 2.75) is 19.4 Å². The molecular formula is C13H21NO2. The average molecular weight is 223 g/mol. The highest BCUT2D eigenvalue weighted by atomic mass is 16.5. The Kier molecular flexibility index (Phi) is 5.29. The van der Waals surface area contributed by atoms with Gasteiger partial charge in [0, 0.05) is 6.54 Å². The fourth-order valence-electron chi connectivity index (χ4n) is 1.37. The summed E-state index contributed by atoms with van der Waals surface area (Å²) in [5, 5.41) is 9.62. The minimum absolute atomic E-state index is 0.365. The van der Waals surface area contributed by atoms with Gasteiger partial charge in [0.05, 0.1) is 6.10 Å². The molecule has 1 rings (SSSR count). The standard InChI is InChI=1S/C13H21NO2/c1-4-13(15)11-5-7-12(8-6-11)16-10-9-14(2)3/h5-8,13,15H,4,9-10H2,1-3H3/t13-/m1/s1. The monoisotopic (exact) mass is 223 g/mol. The van der Waals surface area contributed by atoms with Gasteiger partial charge in [0.2, 0.25) is 0 Å². The van der Waals surface area contributed by atoms with Crippen molar-refractivity contribution < 1.29 is 9.84 Å². The van der Waals surface area contributed by atoms with Gasteiger partial charge in [-0.1, -0.05) is 19.1 Å². The third kappa shape index (κ3) is 4.21. The van der Waals surface area contributed by atoms with Crippen LogP contribution in [0.1, 0.15) is 25.0 Å². The van der Waals surface area contributed by atoms with Crippen LogP contribution < -0.4 is 4.74 Å². The molecule has 90 valence electrons. The highest BCUT2D eigenvalue weighted by Crippen LogP contribution is 2.19. The predicted octanol–water partition coefficient (Wildman–Crippen LogP) is 2.07. The van der Waals surface area contributed by atoms with Crippen molar-refractivity contribution in [2.75, 3.05) is 27.2 Å². The van der Waals surface area contributed by atoms with Crippen LogP contribution in [0.25, 0.3) is 0 Å². The minimum atomic E-state index is -0.365. The zero-order valence-electron chi connectivity index (χ0n) is 10.3. The molecule has 0 spiro atoms. The van der Waals surface area contributed by atoms with E-state index < -0.39 is 0 Å². The molecule has 0 saturated heterocycles. The van der Waals surface area contributed by atoms with E-state index in [1.165, 1.54) is 0 Å². The molecular weight excluding hydrogens is 202 g/mol. The van der Waals surface area contributed by atoms with Crippen molar-refractivity contribution in [3.63, 3.8) is 0 Å². The fourth-order valence-corrected chi connectivity index (χ4v) is 1.37. The summed E-state index contributed by atoms with van der Waals surface area (Å²) in [5.41, 5.74) is 0.947. The summed E-state index contributed by atoms with van der Waals surface area (Å²) in [4.78, 5) is 2.08. The van der Waals surface area contributed by atoms with Crippen LogP contribution in [0.5, 0.6) is 5.75 Å². The number of hydrogen-bond acceptors (Lipinski definition) is 3. The van der Waals surface area contributed by atoms with E-state index in [1.807, 2.05) is 45.3 Å². The summed E-state index contributed by atoms with van der Waals surface area (Å²) in [6.07, 6.45) is 0.372. The zero-order chi connectivity index (χ0) is 12.0. The summed E-state index contributed by atoms with van der Waals surface area (Å²) in [5.74, 6) is 0.855. The molecule has 0 saturated carbocycles. The van der Waals surface area contributed by atoms with Gasteiger partial charge in [-0.05, 0) is 38.2 Å². The lowest BCUT2D eigenvalue weighted by molar-refractivity contribution is 0.173. The van der Waals surface area contributed by atoms with E-state index in [1.54, 1.807) is 0 Å². The minimum Gasteiger partial charge on any atom is -0.492 e. The lowest BCUT2D eigenvalue weighted by Crippen LogP contribution is -2.19. The van der Waals surface area contributed by atoms with Gasteiger partial charge in [0.1, 0.15) is 12.4 Å². The van der Waals surface area contributed by atoms with Gasteiger partial charge >= 0.3 is 0 Å². The Morgan fingerprint density at radius 3 is 2.38 bits per heavy atom. The highest BCUT2D eigenvalue weighted by molar-refractivity contribution is 5.28. The highest BCUT2D eigenvalue weighted by Gasteiger charge is 2.04. The van der Waals surface area contributed by atoms with Gasteiger partial charge in [-0.25, -0.2) is 0 Å². The Balaban J connectivity index is 2.45. The first-order valence-electron chi connectivity index (χ1n) is 5.69. The number of aliphatic hydroxyl groups excluding tert-OH is 1. The summed E-state index contributed by atoms with van der Waals surface area (Å²) in [6, 6.07) is 7.64. The number of benzene rings is 1. The number of hydrogen-bond donors (Lipinski definition) is 1. The van der Waals surface area contributed by atoms with Crippen LogP contribution >= 0.6 is 0 Å². The Labute approximate surface area is 97.7 Å². The van der Waals surface area contributed by atoms with Crippen LogP contribution in [0.4, 0.5) is 0 Å². The average Bonchev–Trinajstić information content (AvgIpc) is 2.28. The van der Waals surface area contributed by atoms with Gasteiger partial charge in [-0.15, -0.1) is 0 Å². The summed E-state index contributed by atoms with van der Waals surface area (Å²) >= 11 is 0. The van der Waals surface area contributed by atoms with Gasteiger partial charge in [0.15, 0.2) is 0 Å². The third-order valence-electron chi connectivity index (χ3n) is 2.46. The second kappa shape index (κ2) is 6.51. The smallest absolute Gasteiger partial charge is 0.119 e. The third-order valence-corrected chi connectivity index (χ3v) is 2.46. The maximum atomic E-state index is 9.62. The van der Waals surface area contributed by atoms with Crippen LogP contribution in [-0.2, 0) is 0 Å². The largest absolute Gasteiger partial charge is 0.492 e. The quantitative estimate of drug-likeness (QED) is 0.801. The Bertz CT molecular complexity index is 295. The van der Waals surface area contributed by atoms with Gasteiger partial charge < -0.3 is 14.7 Å². The molecule has 0 radical (unpaired) electrons. The van der Waals surface area contributed by atoms with Crippen molar-refractivity contribution >= 4 is 0 Å². The lowest BCUT2D eigenvalue weighted by atomic mass is 10.1. The molecule has 0 aliphatic heterocycles. The maximum Gasteiger partial charge on any atom is 0.119 e. The molecule has 0 aliphatic carbocycles. The SMILES string of the molecule is CC[C@@H](O)c1ccc(OCCN(C)C)cc1. The number of aliphatic hydroxyl groups is 1. The summed E-state index contributed by atoms with van der Waals surface area (Å²) < 4.78 is 5.56. The molecule has 0 amide bonds. The van der Waals surface area contributed by atoms with E-state index in [0.29, 0.717) is 6.61 Å². The van der Waals surface area contributed by atoms with Gasteiger partial charge in [-0.2, -0.15) is 0 Å². The molecule has 3 heteroatoms. The van der Waals surface area contributed by atoms with Crippen molar-refractivity contribution in [3.8, 4) is 5.75 Å². The van der Waals surface area contributed by atoms with Gasteiger partial charge in [0.25, 0.3) is 0 Å². The van der Waals surface area contributed by atoms with Crippen molar-refractivity contribution in [2.24, 2.45) is 0 Å². The van der Waals surface area contributed by atoms with Crippen LogP contribution in [0.3, 0.4) is 0 Å². The van der Waals surface area contributed by atoms with Crippen LogP contribution in [0.15, 0.2) is 24.3 Å². The summed E-state index contributed by atoms with van der Waals surface area (Å²) in [7, 11) is 4.04. The molecule has 0 fully saturated rings. The molecule has 1 aromatic rings. The molecule has 0 aromatic heterocycles. The molecule has 0 bridgehead atoms. The Hall–Kier alpha value is -1.06. The second-order valence-electron chi connectivity index (χ2n) is 4.14. The van der Waals surface area contributed by atoms with E-state index in [4.69, 9.17) is 4.74 Å².